The van der Waals surface area contributed by atoms with Crippen LogP contribution < -0.4 is 23.8 Å². The first-order valence-corrected chi connectivity index (χ1v) is 13.3. The Morgan fingerprint density at radius 1 is 1.00 bits per heavy atom. The average Bonchev–Trinajstić information content (AvgIpc) is 2.86. The van der Waals surface area contributed by atoms with E-state index in [1.165, 1.54) is 4.31 Å². The monoisotopic (exact) mass is 532 g/mol. The van der Waals surface area contributed by atoms with E-state index in [0.717, 1.165) is 11.8 Å². The number of rotatable bonds is 11. The smallest absolute Gasteiger partial charge is 0.258 e. The standard InChI is InChI=1S/C26H29ClN2O6S/c1-18(19-9-14-24(33-2)25(15-19)34-3)28-26(30)17-35-22-12-10-21(11-13-22)29(36(4,31)32)16-20-7-5-6-8-23(20)27/h5-15,18H,16-17H2,1-4H3,(H,28,30)/t18-/m0/s1. The van der Waals surface area contributed by atoms with Gasteiger partial charge < -0.3 is 19.5 Å². The maximum Gasteiger partial charge on any atom is 0.258 e. The molecule has 8 nitrogen and oxygen atoms in total. The van der Waals surface area contributed by atoms with Gasteiger partial charge in [0.25, 0.3) is 5.91 Å². The molecule has 1 amide bonds. The van der Waals surface area contributed by atoms with Crippen LogP contribution >= 0.6 is 11.6 Å². The summed E-state index contributed by atoms with van der Waals surface area (Å²) in [6.45, 7) is 1.74. The summed E-state index contributed by atoms with van der Waals surface area (Å²) in [5, 5.41) is 3.36. The molecule has 0 aliphatic heterocycles. The van der Waals surface area contributed by atoms with E-state index in [0.29, 0.717) is 33.5 Å². The molecule has 36 heavy (non-hydrogen) atoms. The molecule has 3 aromatic rings. The first kappa shape index (κ1) is 27.2. The zero-order chi connectivity index (χ0) is 26.3. The predicted molar refractivity (Wildman–Crippen MR) is 141 cm³/mol. The highest BCUT2D eigenvalue weighted by Gasteiger charge is 2.19. The molecule has 0 aliphatic rings. The number of ether oxygens (including phenoxy) is 3. The molecular weight excluding hydrogens is 504 g/mol. The van der Waals surface area contributed by atoms with Gasteiger partial charge in [0.15, 0.2) is 18.1 Å². The number of benzene rings is 3. The summed E-state index contributed by atoms with van der Waals surface area (Å²) in [5.74, 6) is 1.30. The molecule has 3 aromatic carbocycles. The molecule has 0 saturated carbocycles. The first-order chi connectivity index (χ1) is 17.1. The summed E-state index contributed by atoms with van der Waals surface area (Å²) in [6.07, 6.45) is 1.14. The lowest BCUT2D eigenvalue weighted by molar-refractivity contribution is -0.123. The van der Waals surface area contributed by atoms with Crippen LogP contribution in [0.25, 0.3) is 0 Å². The van der Waals surface area contributed by atoms with E-state index < -0.39 is 10.0 Å². The third-order valence-corrected chi connectivity index (χ3v) is 6.96. The van der Waals surface area contributed by atoms with E-state index in [1.807, 2.05) is 13.0 Å². The zero-order valence-corrected chi connectivity index (χ0v) is 22.1. The molecule has 0 aromatic heterocycles. The Bertz CT molecular complexity index is 1300. The van der Waals surface area contributed by atoms with Crippen LogP contribution in [0.15, 0.2) is 66.7 Å². The lowest BCUT2D eigenvalue weighted by atomic mass is 10.1. The van der Waals surface area contributed by atoms with Crippen LogP contribution in [0, 0.1) is 0 Å². The van der Waals surface area contributed by atoms with Crippen molar-refractivity contribution in [3.8, 4) is 17.2 Å². The Morgan fingerprint density at radius 3 is 2.28 bits per heavy atom. The highest BCUT2D eigenvalue weighted by atomic mass is 35.5. The Labute approximate surface area is 216 Å². The van der Waals surface area contributed by atoms with Gasteiger partial charge in [-0.15, -0.1) is 0 Å². The molecule has 0 saturated heterocycles. The second-order valence-corrected chi connectivity index (χ2v) is 10.4. The van der Waals surface area contributed by atoms with E-state index in [4.69, 9.17) is 25.8 Å². The van der Waals surface area contributed by atoms with Gasteiger partial charge in [-0.25, -0.2) is 8.42 Å². The average molecular weight is 533 g/mol. The van der Waals surface area contributed by atoms with Crippen molar-refractivity contribution in [2.24, 2.45) is 0 Å². The summed E-state index contributed by atoms with van der Waals surface area (Å²) in [6, 6.07) is 18.7. The van der Waals surface area contributed by atoms with Crippen LogP contribution in [-0.2, 0) is 21.4 Å². The third-order valence-electron chi connectivity index (χ3n) is 5.45. The van der Waals surface area contributed by atoms with Crippen LogP contribution in [0.3, 0.4) is 0 Å². The van der Waals surface area contributed by atoms with Gasteiger partial charge in [-0.05, 0) is 60.5 Å². The maximum absolute atomic E-state index is 12.4. The van der Waals surface area contributed by atoms with Crippen LogP contribution in [0.1, 0.15) is 24.1 Å². The number of hydrogen-bond acceptors (Lipinski definition) is 6. The molecule has 0 spiro atoms. The number of nitrogens with zero attached hydrogens (tertiary/aromatic N) is 1. The third kappa shape index (κ3) is 7.05. The Morgan fingerprint density at radius 2 is 1.67 bits per heavy atom. The molecule has 1 atom stereocenters. The van der Waals surface area contributed by atoms with E-state index >= 15 is 0 Å². The van der Waals surface area contributed by atoms with Crippen molar-refractivity contribution in [1.29, 1.82) is 0 Å². The number of halogens is 1. The summed E-state index contributed by atoms with van der Waals surface area (Å²) in [4.78, 5) is 12.4. The van der Waals surface area contributed by atoms with Crippen molar-refractivity contribution in [3.05, 3.63) is 82.9 Å². The number of methoxy groups -OCH3 is 2. The number of amides is 1. The first-order valence-electron chi connectivity index (χ1n) is 11.1. The molecular formula is C26H29ClN2O6S. The van der Waals surface area contributed by atoms with Crippen molar-refractivity contribution >= 4 is 33.2 Å². The summed E-state index contributed by atoms with van der Waals surface area (Å²) >= 11 is 6.21. The van der Waals surface area contributed by atoms with E-state index in [1.54, 1.807) is 74.9 Å². The fourth-order valence-corrected chi connectivity index (χ4v) is 4.60. The Balaban J connectivity index is 1.61. The zero-order valence-electron chi connectivity index (χ0n) is 20.5. The SMILES string of the molecule is COc1ccc([C@H](C)NC(=O)COc2ccc(N(Cc3ccccc3Cl)S(C)(=O)=O)cc2)cc1OC. The molecule has 0 radical (unpaired) electrons. The van der Waals surface area contributed by atoms with Crippen molar-refractivity contribution in [1.82, 2.24) is 5.32 Å². The largest absolute Gasteiger partial charge is 0.493 e. The molecule has 192 valence electrons. The minimum absolute atomic E-state index is 0.0924. The lowest BCUT2D eigenvalue weighted by Gasteiger charge is -2.23. The molecule has 0 unspecified atom stereocenters. The minimum atomic E-state index is -3.57. The van der Waals surface area contributed by atoms with Gasteiger partial charge in [-0.1, -0.05) is 35.9 Å². The van der Waals surface area contributed by atoms with Crippen LogP contribution in [0.5, 0.6) is 17.2 Å². The summed E-state index contributed by atoms with van der Waals surface area (Å²) < 4.78 is 42.3. The molecule has 0 heterocycles. The highest BCUT2D eigenvalue weighted by molar-refractivity contribution is 7.92. The molecule has 0 fully saturated rings. The van der Waals surface area contributed by atoms with Crippen LogP contribution in [0.2, 0.25) is 5.02 Å². The number of nitrogens with one attached hydrogen (secondary N) is 1. The lowest BCUT2D eigenvalue weighted by Crippen LogP contribution is -2.31. The van der Waals surface area contributed by atoms with E-state index in [9.17, 15) is 13.2 Å². The van der Waals surface area contributed by atoms with Crippen molar-refractivity contribution in [3.63, 3.8) is 0 Å². The van der Waals surface area contributed by atoms with Gasteiger partial charge in [0.2, 0.25) is 10.0 Å². The van der Waals surface area contributed by atoms with E-state index in [-0.39, 0.29) is 25.1 Å². The van der Waals surface area contributed by atoms with Gasteiger partial charge in [-0.3, -0.25) is 9.10 Å². The van der Waals surface area contributed by atoms with Crippen LogP contribution in [-0.4, -0.2) is 41.4 Å². The normalized spacial score (nSPS) is 11.9. The maximum atomic E-state index is 12.4. The van der Waals surface area contributed by atoms with Crippen molar-refractivity contribution in [2.45, 2.75) is 19.5 Å². The second kappa shape index (κ2) is 12.0. The molecule has 1 N–H and O–H groups in total. The number of anilines is 1. The van der Waals surface area contributed by atoms with Gasteiger partial charge in [0.05, 0.1) is 38.7 Å². The van der Waals surface area contributed by atoms with E-state index in [2.05, 4.69) is 5.32 Å². The molecule has 0 aliphatic carbocycles. The predicted octanol–water partition coefficient (Wildman–Crippen LogP) is 4.58. The Hall–Kier alpha value is -3.43. The quantitative estimate of drug-likeness (QED) is 0.388. The fraction of sp³-hybridized carbons (Fsp3) is 0.269. The van der Waals surface area contributed by atoms with Gasteiger partial charge in [0.1, 0.15) is 5.75 Å². The highest BCUT2D eigenvalue weighted by Crippen LogP contribution is 2.30. The topological polar surface area (TPSA) is 94.2 Å². The van der Waals surface area contributed by atoms with Gasteiger partial charge >= 0.3 is 0 Å². The molecule has 0 bridgehead atoms. The number of sulfonamides is 1. The second-order valence-electron chi connectivity index (χ2n) is 8.05. The minimum Gasteiger partial charge on any atom is -0.493 e. The number of carbonyl (C=O) groups is 1. The van der Waals surface area contributed by atoms with Crippen molar-refractivity contribution in [2.75, 3.05) is 31.4 Å². The number of hydrogen-bond donors (Lipinski definition) is 1. The van der Waals surface area contributed by atoms with Crippen molar-refractivity contribution < 1.29 is 27.4 Å². The van der Waals surface area contributed by atoms with Gasteiger partial charge in [-0.2, -0.15) is 0 Å². The fourth-order valence-electron chi connectivity index (χ4n) is 3.53. The molecule has 3 rings (SSSR count). The summed E-state index contributed by atoms with van der Waals surface area (Å²) in [5.41, 5.74) is 1.99. The molecule has 10 heteroatoms. The summed E-state index contributed by atoms with van der Waals surface area (Å²) in [7, 11) is -0.457. The number of carbonyl (C=O) groups excluding carboxylic acids is 1. The van der Waals surface area contributed by atoms with Gasteiger partial charge in [0, 0.05) is 5.02 Å². The Kier molecular flexibility index (Phi) is 9.06. The van der Waals surface area contributed by atoms with Crippen LogP contribution in [0.4, 0.5) is 5.69 Å².